The molecule has 1 N–H and O–H groups in total. The number of rotatable bonds is 9. The lowest BCUT2D eigenvalue weighted by molar-refractivity contribution is -0.116. The number of carbonyl (C=O) groups excluding carboxylic acids is 2. The normalized spacial score (nSPS) is 14.8. The minimum absolute atomic E-state index is 0.122. The van der Waals surface area contributed by atoms with Crippen molar-refractivity contribution in [3.63, 3.8) is 0 Å². The molecular formula is C23H32N4O5S. The fraction of sp³-hybridized carbons (Fsp3) is 0.522. The highest BCUT2D eigenvalue weighted by molar-refractivity contribution is 7.89. The molecule has 0 unspecified atom stereocenters. The number of unbranched alkanes of at least 4 members (excludes halogenated alkanes) is 1. The van der Waals surface area contributed by atoms with Crippen LogP contribution in [0.5, 0.6) is 0 Å². The number of esters is 1. The highest BCUT2D eigenvalue weighted by atomic mass is 32.2. The first-order valence-electron chi connectivity index (χ1n) is 11.3. The van der Waals surface area contributed by atoms with Gasteiger partial charge in [0.1, 0.15) is 11.4 Å². The molecule has 0 atom stereocenters. The van der Waals surface area contributed by atoms with Gasteiger partial charge >= 0.3 is 5.97 Å². The van der Waals surface area contributed by atoms with Gasteiger partial charge in [0.25, 0.3) is 0 Å². The van der Waals surface area contributed by atoms with Gasteiger partial charge in [0.05, 0.1) is 23.6 Å². The summed E-state index contributed by atoms with van der Waals surface area (Å²) in [5.41, 5.74) is 1.76. The third kappa shape index (κ3) is 6.00. The Morgan fingerprint density at radius 3 is 2.39 bits per heavy atom. The molecule has 33 heavy (non-hydrogen) atoms. The summed E-state index contributed by atoms with van der Waals surface area (Å²) in [5, 5.41) is 7.07. The van der Waals surface area contributed by atoms with E-state index in [0.717, 1.165) is 32.1 Å². The quantitative estimate of drug-likeness (QED) is 0.439. The second-order valence-electron chi connectivity index (χ2n) is 8.24. The standard InChI is InChI=1S/C23H32N4O5S/c1-4-5-15-32-23(29)19-9-11-20(12-10-19)24-21(28)16-27-18(3)22(17(2)25-27)33(30,31)26-13-7-6-8-14-26/h9-12H,4-8,13-16H2,1-3H3,(H,24,28). The van der Waals surface area contributed by atoms with Crippen LogP contribution < -0.4 is 5.32 Å². The Hall–Kier alpha value is -2.72. The number of carbonyl (C=O) groups is 2. The van der Waals surface area contributed by atoms with Crippen LogP contribution in [0, 0.1) is 13.8 Å². The van der Waals surface area contributed by atoms with Crippen LogP contribution in [-0.2, 0) is 26.1 Å². The van der Waals surface area contributed by atoms with Crippen molar-refractivity contribution in [1.82, 2.24) is 14.1 Å². The van der Waals surface area contributed by atoms with Crippen LogP contribution in [0.25, 0.3) is 0 Å². The fourth-order valence-electron chi connectivity index (χ4n) is 3.86. The van der Waals surface area contributed by atoms with Crippen molar-refractivity contribution in [2.75, 3.05) is 25.0 Å². The molecule has 1 amide bonds. The number of anilines is 1. The second kappa shape index (κ2) is 10.9. The molecular weight excluding hydrogens is 444 g/mol. The Labute approximate surface area is 195 Å². The summed E-state index contributed by atoms with van der Waals surface area (Å²) in [6.45, 7) is 6.62. The number of benzene rings is 1. The van der Waals surface area contributed by atoms with Gasteiger partial charge in [-0.25, -0.2) is 13.2 Å². The molecule has 3 rings (SSSR count). The van der Waals surface area contributed by atoms with Gasteiger partial charge in [0.2, 0.25) is 15.9 Å². The van der Waals surface area contributed by atoms with Crippen molar-refractivity contribution in [2.45, 2.75) is 64.3 Å². The number of aryl methyl sites for hydroxylation is 1. The van der Waals surface area contributed by atoms with Gasteiger partial charge in [0, 0.05) is 18.8 Å². The molecule has 9 nitrogen and oxygen atoms in total. The average molecular weight is 477 g/mol. The molecule has 1 aromatic carbocycles. The molecule has 1 aromatic heterocycles. The van der Waals surface area contributed by atoms with Crippen LogP contribution in [0.15, 0.2) is 29.2 Å². The zero-order valence-corrected chi connectivity index (χ0v) is 20.3. The second-order valence-corrected chi connectivity index (χ2v) is 10.1. The van der Waals surface area contributed by atoms with Crippen molar-refractivity contribution < 1.29 is 22.7 Å². The topological polar surface area (TPSA) is 111 Å². The Balaban J connectivity index is 1.65. The SMILES string of the molecule is CCCCOC(=O)c1ccc(NC(=O)Cn2nc(C)c(S(=O)(=O)N3CCCCC3)c2C)cc1. The molecule has 0 aliphatic carbocycles. The number of amides is 1. The Morgan fingerprint density at radius 2 is 1.76 bits per heavy atom. The van der Waals surface area contributed by atoms with E-state index in [1.54, 1.807) is 38.1 Å². The number of ether oxygens (including phenoxy) is 1. The van der Waals surface area contributed by atoms with E-state index in [1.807, 2.05) is 6.92 Å². The molecule has 2 aromatic rings. The van der Waals surface area contributed by atoms with Crippen molar-refractivity contribution >= 4 is 27.6 Å². The van der Waals surface area contributed by atoms with E-state index < -0.39 is 16.0 Å². The van der Waals surface area contributed by atoms with Gasteiger partial charge in [-0.1, -0.05) is 19.8 Å². The van der Waals surface area contributed by atoms with Crippen molar-refractivity contribution in [1.29, 1.82) is 0 Å². The van der Waals surface area contributed by atoms with Crippen molar-refractivity contribution in [3.05, 3.63) is 41.2 Å². The average Bonchev–Trinajstić information content (AvgIpc) is 3.08. The first-order valence-corrected chi connectivity index (χ1v) is 12.8. The third-order valence-corrected chi connectivity index (χ3v) is 7.81. The number of nitrogens with one attached hydrogen (secondary N) is 1. The van der Waals surface area contributed by atoms with E-state index in [-0.39, 0.29) is 17.3 Å². The van der Waals surface area contributed by atoms with Crippen LogP contribution in [-0.4, -0.2) is 54.1 Å². The summed E-state index contributed by atoms with van der Waals surface area (Å²) in [6, 6.07) is 6.44. The predicted octanol–water partition coefficient (Wildman–Crippen LogP) is 3.27. The van der Waals surface area contributed by atoms with E-state index in [1.165, 1.54) is 8.99 Å². The Kier molecular flexibility index (Phi) is 8.25. The van der Waals surface area contributed by atoms with E-state index >= 15 is 0 Å². The maximum atomic E-state index is 13.1. The highest BCUT2D eigenvalue weighted by Gasteiger charge is 2.32. The highest BCUT2D eigenvalue weighted by Crippen LogP contribution is 2.26. The first kappa shape index (κ1) is 24.9. The number of sulfonamides is 1. The largest absolute Gasteiger partial charge is 0.462 e. The molecule has 0 saturated carbocycles. The van der Waals surface area contributed by atoms with Crippen molar-refractivity contribution in [2.24, 2.45) is 0 Å². The number of piperidine rings is 1. The van der Waals surface area contributed by atoms with Gasteiger partial charge in [-0.05, 0) is 57.4 Å². The third-order valence-electron chi connectivity index (χ3n) is 5.66. The van der Waals surface area contributed by atoms with Crippen LogP contribution in [0.3, 0.4) is 0 Å². The zero-order chi connectivity index (χ0) is 24.0. The predicted molar refractivity (Wildman–Crippen MR) is 125 cm³/mol. The lowest BCUT2D eigenvalue weighted by Gasteiger charge is -2.25. The fourth-order valence-corrected chi connectivity index (χ4v) is 5.75. The number of hydrogen-bond donors (Lipinski definition) is 1. The molecule has 0 spiro atoms. The minimum atomic E-state index is -3.64. The lowest BCUT2D eigenvalue weighted by Crippen LogP contribution is -2.36. The molecule has 10 heteroatoms. The van der Waals surface area contributed by atoms with Crippen LogP contribution in [0.1, 0.15) is 60.8 Å². The molecule has 1 saturated heterocycles. The maximum Gasteiger partial charge on any atom is 0.338 e. The maximum absolute atomic E-state index is 13.1. The summed E-state index contributed by atoms with van der Waals surface area (Å²) >= 11 is 0. The molecule has 180 valence electrons. The number of aromatic nitrogens is 2. The lowest BCUT2D eigenvalue weighted by atomic mass is 10.2. The van der Waals surface area contributed by atoms with Crippen LogP contribution >= 0.6 is 0 Å². The summed E-state index contributed by atoms with van der Waals surface area (Å²) in [5.74, 6) is -0.743. The summed E-state index contributed by atoms with van der Waals surface area (Å²) in [6.07, 6.45) is 4.49. The zero-order valence-electron chi connectivity index (χ0n) is 19.5. The Morgan fingerprint density at radius 1 is 1.09 bits per heavy atom. The summed E-state index contributed by atoms with van der Waals surface area (Å²) in [7, 11) is -3.64. The monoisotopic (exact) mass is 476 g/mol. The minimum Gasteiger partial charge on any atom is -0.462 e. The van der Waals surface area contributed by atoms with Gasteiger partial charge in [-0.2, -0.15) is 9.40 Å². The van der Waals surface area contributed by atoms with Gasteiger partial charge < -0.3 is 10.1 Å². The molecule has 1 fully saturated rings. The van der Waals surface area contributed by atoms with Gasteiger partial charge in [-0.3, -0.25) is 9.48 Å². The summed E-state index contributed by atoms with van der Waals surface area (Å²) in [4.78, 5) is 24.7. The number of nitrogens with zero attached hydrogens (tertiary/aromatic N) is 3. The molecule has 0 radical (unpaired) electrons. The molecule has 1 aliphatic rings. The molecule has 1 aliphatic heterocycles. The van der Waals surface area contributed by atoms with Gasteiger partial charge in [-0.15, -0.1) is 0 Å². The van der Waals surface area contributed by atoms with Crippen LogP contribution in [0.2, 0.25) is 0 Å². The van der Waals surface area contributed by atoms with Crippen LogP contribution in [0.4, 0.5) is 5.69 Å². The van der Waals surface area contributed by atoms with E-state index in [2.05, 4.69) is 10.4 Å². The number of hydrogen-bond acceptors (Lipinski definition) is 6. The summed E-state index contributed by atoms with van der Waals surface area (Å²) < 4.78 is 34.3. The molecule has 0 bridgehead atoms. The Bertz CT molecular complexity index is 1090. The molecule has 2 heterocycles. The first-order chi connectivity index (χ1) is 15.7. The van der Waals surface area contributed by atoms with E-state index in [9.17, 15) is 18.0 Å². The van der Waals surface area contributed by atoms with E-state index in [4.69, 9.17) is 4.74 Å². The van der Waals surface area contributed by atoms with Crippen molar-refractivity contribution in [3.8, 4) is 0 Å². The smallest absolute Gasteiger partial charge is 0.338 e. The van der Waals surface area contributed by atoms with Gasteiger partial charge in [0.15, 0.2) is 0 Å². The van der Waals surface area contributed by atoms with E-state index in [0.29, 0.717) is 42.3 Å².